The van der Waals surface area contributed by atoms with Crippen LogP contribution in [-0.2, 0) is 6.54 Å². The molecule has 1 unspecified atom stereocenters. The molecule has 1 aromatic heterocycles. The maximum absolute atomic E-state index is 12.9. The molecule has 3 aromatic rings. The summed E-state index contributed by atoms with van der Waals surface area (Å²) in [6.45, 7) is 2.22. The molecule has 2 aromatic carbocycles. The van der Waals surface area contributed by atoms with Crippen molar-refractivity contribution in [2.24, 2.45) is 0 Å². The van der Waals surface area contributed by atoms with E-state index >= 15 is 0 Å². The second kappa shape index (κ2) is 6.32. The number of aliphatic hydroxyl groups is 1. The Morgan fingerprint density at radius 1 is 1.14 bits per heavy atom. The Labute approximate surface area is 170 Å². The molecule has 7 heteroatoms. The first-order valence-electron chi connectivity index (χ1n) is 9.31. The molecule has 0 fully saturated rings. The maximum atomic E-state index is 12.9. The first-order valence-corrected chi connectivity index (χ1v) is 9.68. The molecule has 2 heterocycles. The number of nitrogens with one attached hydrogen (secondary N) is 2. The molecule has 0 spiro atoms. The monoisotopic (exact) mass is 406 g/mol. The van der Waals surface area contributed by atoms with E-state index in [0.717, 1.165) is 11.1 Å². The van der Waals surface area contributed by atoms with Gasteiger partial charge in [0.25, 0.3) is 11.4 Å². The minimum Gasteiger partial charge on any atom is -0.507 e. The molecular weight excluding hydrogens is 390 g/mol. The average Bonchev–Trinajstić information content (AvgIpc) is 2.99. The van der Waals surface area contributed by atoms with Gasteiger partial charge >= 0.3 is 5.69 Å². The molecule has 2 aliphatic rings. The number of benzene rings is 2. The average molecular weight is 407 g/mol. The number of allylic oxidation sites excluding steroid dienone is 1. The molecule has 1 aliphatic heterocycles. The van der Waals surface area contributed by atoms with Gasteiger partial charge in [-0.25, -0.2) is 9.79 Å². The molecule has 144 valence electrons. The van der Waals surface area contributed by atoms with E-state index in [4.69, 9.17) is 11.6 Å². The van der Waals surface area contributed by atoms with Crippen molar-refractivity contribution >= 4 is 28.9 Å². The second-order valence-electron chi connectivity index (χ2n) is 7.06. The van der Waals surface area contributed by atoms with Crippen LogP contribution in [0.5, 0.6) is 0 Å². The maximum Gasteiger partial charge on any atom is 0.415 e. The van der Waals surface area contributed by atoms with Crippen LogP contribution in [0.15, 0.2) is 63.7 Å². The third-order valence-corrected chi connectivity index (χ3v) is 5.77. The van der Waals surface area contributed by atoms with Gasteiger partial charge in [-0.15, -0.1) is 0 Å². The first kappa shape index (κ1) is 17.7. The highest BCUT2D eigenvalue weighted by molar-refractivity contribution is 6.30. The zero-order valence-electron chi connectivity index (χ0n) is 15.5. The van der Waals surface area contributed by atoms with Gasteiger partial charge in [-0.2, -0.15) is 4.57 Å². The summed E-state index contributed by atoms with van der Waals surface area (Å²) in [5.41, 5.74) is 3.00. The Morgan fingerprint density at radius 3 is 2.62 bits per heavy atom. The molecule has 5 rings (SSSR count). The highest BCUT2D eigenvalue weighted by atomic mass is 35.5. The smallest absolute Gasteiger partial charge is 0.415 e. The number of hydrogen-bond donors (Lipinski definition) is 3. The lowest BCUT2D eigenvalue weighted by atomic mass is 9.81. The van der Waals surface area contributed by atoms with Gasteiger partial charge in [0.05, 0.1) is 18.0 Å². The summed E-state index contributed by atoms with van der Waals surface area (Å²) in [6.07, 6.45) is 0. The van der Waals surface area contributed by atoms with Crippen LogP contribution < -0.4 is 16.2 Å². The molecule has 1 atom stereocenters. The predicted molar refractivity (Wildman–Crippen MR) is 111 cm³/mol. The standard InChI is InChI=1S/C22H16ClN3O3/c1-2-26-20-17(21(28)25-22(26)29)15(11-6-5-7-12(23)10-11)16-18(24-20)13-8-3-4-9-14(13)19(16)27/h3-10,15,27H,2H2,1H3,(H,25,28,29)/p+1. The van der Waals surface area contributed by atoms with Gasteiger partial charge in [-0.1, -0.05) is 41.9 Å². The topological polar surface area (TPSA) is 89.1 Å². The van der Waals surface area contributed by atoms with Crippen molar-refractivity contribution in [3.8, 4) is 0 Å². The fraction of sp³-hybridized carbons (Fsp3) is 0.136. The fourth-order valence-electron chi connectivity index (χ4n) is 4.30. The van der Waals surface area contributed by atoms with Crippen LogP contribution in [0.3, 0.4) is 0 Å². The molecule has 3 N–H and O–H groups in total. The van der Waals surface area contributed by atoms with Crippen molar-refractivity contribution in [2.45, 2.75) is 19.4 Å². The van der Waals surface area contributed by atoms with Crippen LogP contribution in [-0.4, -0.2) is 20.4 Å². The molecule has 29 heavy (non-hydrogen) atoms. The van der Waals surface area contributed by atoms with Crippen molar-refractivity contribution in [1.82, 2.24) is 9.55 Å². The van der Waals surface area contributed by atoms with E-state index < -0.39 is 17.2 Å². The van der Waals surface area contributed by atoms with Gasteiger partial charge in [-0.05, 0) is 30.7 Å². The van der Waals surface area contributed by atoms with Crippen molar-refractivity contribution in [2.75, 3.05) is 0 Å². The van der Waals surface area contributed by atoms with Crippen LogP contribution in [0.4, 0.5) is 5.82 Å². The van der Waals surface area contributed by atoms with E-state index in [1.807, 2.05) is 43.3 Å². The van der Waals surface area contributed by atoms with Crippen LogP contribution in [0.2, 0.25) is 5.02 Å². The molecule has 0 radical (unpaired) electrons. The molecule has 0 bridgehead atoms. The summed E-state index contributed by atoms with van der Waals surface area (Å²) < 4.78 is 1.50. The molecular formula is C22H17ClN3O3+. The Hall–Kier alpha value is -3.38. The van der Waals surface area contributed by atoms with Crippen molar-refractivity contribution in [3.05, 3.63) is 102 Å². The minimum atomic E-state index is -0.575. The summed E-state index contributed by atoms with van der Waals surface area (Å²) in [5.74, 6) is -0.0173. The number of aromatic nitrogens is 2. The normalized spacial score (nSPS) is 16.9. The first-order chi connectivity index (χ1) is 14.0. The van der Waals surface area contributed by atoms with E-state index in [1.165, 1.54) is 4.57 Å². The number of rotatable bonds is 2. The van der Waals surface area contributed by atoms with Gasteiger partial charge in [0.15, 0.2) is 0 Å². The van der Waals surface area contributed by atoms with Gasteiger partial charge in [0.1, 0.15) is 17.0 Å². The number of fused-ring (bicyclic) bond motifs is 4. The molecule has 0 amide bonds. The van der Waals surface area contributed by atoms with Crippen LogP contribution in [0.1, 0.15) is 35.1 Å². The third kappa shape index (κ3) is 2.46. The number of nitrogens with zero attached hydrogens (tertiary/aromatic N) is 1. The predicted octanol–water partition coefficient (Wildman–Crippen LogP) is 1.84. The summed E-state index contributed by atoms with van der Waals surface area (Å²) in [4.78, 5) is 31.0. The Kier molecular flexibility index (Phi) is 3.86. The number of hydrogen-bond acceptors (Lipinski definition) is 3. The summed E-state index contributed by atoms with van der Waals surface area (Å²) in [7, 11) is 0. The number of halogens is 1. The summed E-state index contributed by atoms with van der Waals surface area (Å²) in [5, 5.41) is 11.6. The summed E-state index contributed by atoms with van der Waals surface area (Å²) >= 11 is 6.24. The molecule has 0 saturated carbocycles. The zero-order chi connectivity index (χ0) is 20.3. The highest BCUT2D eigenvalue weighted by Crippen LogP contribution is 2.43. The van der Waals surface area contributed by atoms with Gasteiger partial charge in [0.2, 0.25) is 0 Å². The summed E-state index contributed by atoms with van der Waals surface area (Å²) in [6, 6.07) is 14.7. The van der Waals surface area contributed by atoms with Crippen LogP contribution in [0, 0.1) is 0 Å². The van der Waals surface area contributed by atoms with Gasteiger partial charge < -0.3 is 5.11 Å². The Morgan fingerprint density at radius 2 is 1.90 bits per heavy atom. The number of aliphatic hydroxyl groups excluding tert-OH is 1. The lowest BCUT2D eigenvalue weighted by Gasteiger charge is -2.23. The third-order valence-electron chi connectivity index (χ3n) is 5.53. The lowest BCUT2D eigenvalue weighted by Crippen LogP contribution is -2.72. The van der Waals surface area contributed by atoms with Crippen molar-refractivity contribution in [1.29, 1.82) is 0 Å². The van der Waals surface area contributed by atoms with E-state index in [-0.39, 0.29) is 5.76 Å². The lowest BCUT2D eigenvalue weighted by molar-refractivity contribution is -0.364. The SMILES string of the molecule is CCn1c2c(c(=O)[nH]c1=O)C(c1cccc(Cl)c1)C1=C(O)c3ccccc3C1=[NH+]2. The van der Waals surface area contributed by atoms with Gasteiger partial charge in [0, 0.05) is 16.1 Å². The Bertz CT molecular complexity index is 1360. The number of H-pyrrole nitrogens is 1. The fourth-order valence-corrected chi connectivity index (χ4v) is 4.50. The van der Waals surface area contributed by atoms with E-state index in [9.17, 15) is 14.7 Å². The van der Waals surface area contributed by atoms with Crippen molar-refractivity contribution < 1.29 is 10.1 Å². The molecule has 6 nitrogen and oxygen atoms in total. The zero-order valence-corrected chi connectivity index (χ0v) is 16.2. The molecule has 0 saturated heterocycles. The largest absolute Gasteiger partial charge is 0.507 e. The quantitative estimate of drug-likeness (QED) is 0.606. The van der Waals surface area contributed by atoms with E-state index in [2.05, 4.69) is 9.98 Å². The van der Waals surface area contributed by atoms with E-state index in [0.29, 0.717) is 39.8 Å². The van der Waals surface area contributed by atoms with Crippen LogP contribution in [0.25, 0.3) is 5.76 Å². The van der Waals surface area contributed by atoms with E-state index in [1.54, 1.807) is 12.1 Å². The second-order valence-corrected chi connectivity index (χ2v) is 7.50. The highest BCUT2D eigenvalue weighted by Gasteiger charge is 2.44. The van der Waals surface area contributed by atoms with Crippen molar-refractivity contribution in [3.63, 3.8) is 0 Å². The molecule has 1 aliphatic carbocycles. The van der Waals surface area contributed by atoms with Crippen LogP contribution >= 0.6 is 11.6 Å². The van der Waals surface area contributed by atoms with Gasteiger partial charge in [-0.3, -0.25) is 9.78 Å². The minimum absolute atomic E-state index is 0.118. The Balaban J connectivity index is 1.94. The number of aromatic amines is 1.